The van der Waals surface area contributed by atoms with Crippen molar-refractivity contribution >= 4 is 23.5 Å². The minimum Gasteiger partial charge on any atom is -0.454 e. The molecule has 2 aromatic carbocycles. The molecule has 6 nitrogen and oxygen atoms in total. The quantitative estimate of drug-likeness (QED) is 0.825. The van der Waals surface area contributed by atoms with Crippen molar-refractivity contribution in [3.63, 3.8) is 0 Å². The van der Waals surface area contributed by atoms with E-state index >= 15 is 0 Å². The van der Waals surface area contributed by atoms with E-state index in [-0.39, 0.29) is 23.9 Å². The summed E-state index contributed by atoms with van der Waals surface area (Å²) >= 11 is 5.66. The third kappa shape index (κ3) is 4.19. The van der Waals surface area contributed by atoms with Crippen LogP contribution in [0, 0.1) is 5.82 Å². The molecule has 0 unspecified atom stereocenters. The molecule has 1 aliphatic heterocycles. The Morgan fingerprint density at radius 3 is 2.76 bits per heavy atom. The van der Waals surface area contributed by atoms with Gasteiger partial charge in [-0.25, -0.2) is 9.18 Å². The van der Waals surface area contributed by atoms with E-state index in [0.717, 1.165) is 0 Å². The normalized spacial score (nSPS) is 11.9. The van der Waals surface area contributed by atoms with E-state index in [1.807, 2.05) is 0 Å². The highest BCUT2D eigenvalue weighted by Crippen LogP contribution is 2.32. The van der Waals surface area contributed by atoms with Crippen molar-refractivity contribution in [1.29, 1.82) is 0 Å². The van der Waals surface area contributed by atoms with Gasteiger partial charge in [-0.3, -0.25) is 4.79 Å². The van der Waals surface area contributed by atoms with Crippen LogP contribution in [0.3, 0.4) is 0 Å². The van der Waals surface area contributed by atoms with E-state index in [0.29, 0.717) is 17.1 Å². The molecule has 25 heavy (non-hydrogen) atoms. The SMILES string of the molecule is O=C(COC(=O)c1ccc2c(c1)OCO2)NCc1ccc(F)c(Cl)c1. The number of ether oxygens (including phenoxy) is 3. The van der Waals surface area contributed by atoms with Crippen LogP contribution in [0.2, 0.25) is 5.02 Å². The second-order valence-electron chi connectivity index (χ2n) is 5.17. The van der Waals surface area contributed by atoms with Crippen LogP contribution < -0.4 is 14.8 Å². The minimum atomic E-state index is -0.654. The largest absolute Gasteiger partial charge is 0.454 e. The zero-order valence-corrected chi connectivity index (χ0v) is 13.6. The molecule has 130 valence electrons. The number of esters is 1. The molecule has 0 aliphatic carbocycles. The molecule has 8 heteroatoms. The monoisotopic (exact) mass is 365 g/mol. The molecular weight excluding hydrogens is 353 g/mol. The predicted octanol–water partition coefficient (Wildman–Crippen LogP) is 2.68. The van der Waals surface area contributed by atoms with Crippen molar-refractivity contribution in [2.45, 2.75) is 6.54 Å². The summed E-state index contributed by atoms with van der Waals surface area (Å²) in [7, 11) is 0. The van der Waals surface area contributed by atoms with Gasteiger partial charge in [0.25, 0.3) is 5.91 Å². The summed E-state index contributed by atoms with van der Waals surface area (Å²) in [6.45, 7) is -0.202. The maximum Gasteiger partial charge on any atom is 0.338 e. The summed E-state index contributed by atoms with van der Waals surface area (Å²) in [6.07, 6.45) is 0. The van der Waals surface area contributed by atoms with E-state index in [2.05, 4.69) is 5.32 Å². The fourth-order valence-electron chi connectivity index (χ4n) is 2.14. The second-order valence-corrected chi connectivity index (χ2v) is 5.58. The number of carbonyl (C=O) groups excluding carboxylic acids is 2. The summed E-state index contributed by atoms with van der Waals surface area (Å²) in [4.78, 5) is 23.7. The molecule has 0 radical (unpaired) electrons. The van der Waals surface area contributed by atoms with Crippen molar-refractivity contribution in [3.05, 3.63) is 58.4 Å². The van der Waals surface area contributed by atoms with E-state index in [4.69, 9.17) is 25.8 Å². The maximum absolute atomic E-state index is 13.1. The highest BCUT2D eigenvalue weighted by atomic mass is 35.5. The topological polar surface area (TPSA) is 73.9 Å². The number of rotatable bonds is 5. The van der Waals surface area contributed by atoms with Crippen molar-refractivity contribution in [3.8, 4) is 11.5 Å². The molecule has 0 spiro atoms. The molecule has 0 saturated heterocycles. The number of nitrogens with one attached hydrogen (secondary N) is 1. The maximum atomic E-state index is 13.1. The van der Waals surface area contributed by atoms with Gasteiger partial charge in [-0.1, -0.05) is 17.7 Å². The molecule has 0 fully saturated rings. The smallest absolute Gasteiger partial charge is 0.338 e. The number of halogens is 2. The van der Waals surface area contributed by atoms with Crippen LogP contribution in [0.5, 0.6) is 11.5 Å². The Balaban J connectivity index is 1.48. The third-order valence-electron chi connectivity index (χ3n) is 3.42. The first-order valence-electron chi connectivity index (χ1n) is 7.30. The Labute approximate surface area is 147 Å². The van der Waals surface area contributed by atoms with E-state index < -0.39 is 24.3 Å². The summed E-state index contributed by atoms with van der Waals surface area (Å²) in [5.41, 5.74) is 0.879. The van der Waals surface area contributed by atoms with Crippen LogP contribution >= 0.6 is 11.6 Å². The zero-order valence-electron chi connectivity index (χ0n) is 12.9. The van der Waals surface area contributed by atoms with Gasteiger partial charge in [0.15, 0.2) is 18.1 Å². The van der Waals surface area contributed by atoms with Gasteiger partial charge in [0.05, 0.1) is 10.6 Å². The Morgan fingerprint density at radius 2 is 1.96 bits per heavy atom. The lowest BCUT2D eigenvalue weighted by molar-refractivity contribution is -0.124. The predicted molar refractivity (Wildman–Crippen MR) is 86.1 cm³/mol. The lowest BCUT2D eigenvalue weighted by atomic mass is 10.2. The molecule has 1 amide bonds. The number of hydrogen-bond acceptors (Lipinski definition) is 5. The van der Waals surface area contributed by atoms with E-state index in [1.54, 1.807) is 6.07 Å². The minimum absolute atomic E-state index is 0.0269. The molecule has 2 aromatic rings. The first kappa shape index (κ1) is 17.0. The van der Waals surface area contributed by atoms with Gasteiger partial charge in [0.2, 0.25) is 6.79 Å². The zero-order chi connectivity index (χ0) is 17.8. The van der Waals surface area contributed by atoms with Crippen LogP contribution in [-0.4, -0.2) is 25.3 Å². The second kappa shape index (κ2) is 7.40. The number of amides is 1. The molecular formula is C17H13ClFNO5. The Kier molecular flexibility index (Phi) is 5.04. The van der Waals surface area contributed by atoms with Crippen LogP contribution in [0.1, 0.15) is 15.9 Å². The lowest BCUT2D eigenvalue weighted by Gasteiger charge is -2.07. The van der Waals surface area contributed by atoms with Gasteiger partial charge in [-0.15, -0.1) is 0 Å². The first-order chi connectivity index (χ1) is 12.0. The number of benzene rings is 2. The molecule has 0 saturated carbocycles. The van der Waals surface area contributed by atoms with Crippen molar-refractivity contribution in [1.82, 2.24) is 5.32 Å². The standard InChI is InChI=1S/C17H13ClFNO5/c18-12-5-10(1-3-13(12)19)7-20-16(21)8-23-17(22)11-2-4-14-15(6-11)25-9-24-14/h1-6H,7-9H2,(H,20,21). The first-order valence-corrected chi connectivity index (χ1v) is 7.68. The van der Waals surface area contributed by atoms with Gasteiger partial charge < -0.3 is 19.5 Å². The molecule has 3 rings (SSSR count). The van der Waals surface area contributed by atoms with Gasteiger partial charge in [0, 0.05) is 6.54 Å². The molecule has 1 heterocycles. The van der Waals surface area contributed by atoms with Gasteiger partial charge >= 0.3 is 5.97 Å². The molecule has 0 atom stereocenters. The lowest BCUT2D eigenvalue weighted by Crippen LogP contribution is -2.28. The fraction of sp³-hybridized carbons (Fsp3) is 0.176. The summed E-state index contributed by atoms with van der Waals surface area (Å²) in [5.74, 6) is -0.679. The third-order valence-corrected chi connectivity index (χ3v) is 3.71. The number of fused-ring (bicyclic) bond motifs is 1. The highest BCUT2D eigenvalue weighted by Gasteiger charge is 2.17. The van der Waals surface area contributed by atoms with Gasteiger partial charge in [-0.05, 0) is 35.9 Å². The van der Waals surface area contributed by atoms with E-state index in [1.165, 1.54) is 30.3 Å². The average Bonchev–Trinajstić information content (AvgIpc) is 3.08. The van der Waals surface area contributed by atoms with Crippen LogP contribution in [0.25, 0.3) is 0 Å². The van der Waals surface area contributed by atoms with Gasteiger partial charge in [0.1, 0.15) is 5.82 Å². The van der Waals surface area contributed by atoms with Gasteiger partial charge in [-0.2, -0.15) is 0 Å². The molecule has 0 aromatic heterocycles. The molecule has 1 aliphatic rings. The average molecular weight is 366 g/mol. The summed E-state index contributed by atoms with van der Waals surface area (Å²) in [5, 5.41) is 2.53. The summed E-state index contributed by atoms with van der Waals surface area (Å²) in [6, 6.07) is 8.73. The van der Waals surface area contributed by atoms with Crippen molar-refractivity contribution in [2.24, 2.45) is 0 Å². The Morgan fingerprint density at radius 1 is 1.16 bits per heavy atom. The van der Waals surface area contributed by atoms with Crippen molar-refractivity contribution < 1.29 is 28.2 Å². The highest BCUT2D eigenvalue weighted by molar-refractivity contribution is 6.30. The number of carbonyl (C=O) groups is 2. The van der Waals surface area contributed by atoms with Crippen LogP contribution in [0.4, 0.5) is 4.39 Å². The summed E-state index contributed by atoms with van der Waals surface area (Å²) < 4.78 is 28.3. The van der Waals surface area contributed by atoms with Crippen molar-refractivity contribution in [2.75, 3.05) is 13.4 Å². The Bertz CT molecular complexity index is 827. The number of hydrogen-bond donors (Lipinski definition) is 1. The fourth-order valence-corrected chi connectivity index (χ4v) is 2.34. The van der Waals surface area contributed by atoms with E-state index in [9.17, 15) is 14.0 Å². The van der Waals surface area contributed by atoms with Crippen LogP contribution in [0.15, 0.2) is 36.4 Å². The Hall–Kier alpha value is -2.80. The van der Waals surface area contributed by atoms with Crippen LogP contribution in [-0.2, 0) is 16.1 Å². The molecule has 0 bridgehead atoms. The molecule has 1 N–H and O–H groups in total.